The first-order chi connectivity index (χ1) is 8.50. The molecule has 0 aromatic heterocycles. The summed E-state index contributed by atoms with van der Waals surface area (Å²) < 4.78 is 5.21. The standard InChI is InChI=1S/C15H23NO2/c1-15(2,10-11-16)9-8-13(17)12-6-4-5-7-14(12)18-3/h4-7H,8-11,16H2,1-3H3. The van der Waals surface area contributed by atoms with Crippen molar-refractivity contribution >= 4 is 5.78 Å². The minimum Gasteiger partial charge on any atom is -0.496 e. The van der Waals surface area contributed by atoms with Crippen LogP contribution >= 0.6 is 0 Å². The maximum Gasteiger partial charge on any atom is 0.166 e. The van der Waals surface area contributed by atoms with Crippen molar-refractivity contribution in [3.05, 3.63) is 29.8 Å². The predicted molar refractivity (Wildman–Crippen MR) is 74.0 cm³/mol. The molecule has 2 N–H and O–H groups in total. The maximum absolute atomic E-state index is 12.2. The molecule has 1 aromatic carbocycles. The van der Waals surface area contributed by atoms with Crippen molar-refractivity contribution in [2.75, 3.05) is 13.7 Å². The van der Waals surface area contributed by atoms with Gasteiger partial charge in [-0.3, -0.25) is 4.79 Å². The molecule has 1 rings (SSSR count). The van der Waals surface area contributed by atoms with E-state index in [4.69, 9.17) is 10.5 Å². The molecule has 3 nitrogen and oxygen atoms in total. The normalized spacial score (nSPS) is 11.3. The number of carbonyl (C=O) groups excluding carboxylic acids is 1. The van der Waals surface area contributed by atoms with E-state index < -0.39 is 0 Å². The fourth-order valence-corrected chi connectivity index (χ4v) is 1.98. The summed E-state index contributed by atoms with van der Waals surface area (Å²) in [6.45, 7) is 4.96. The molecule has 0 radical (unpaired) electrons. The summed E-state index contributed by atoms with van der Waals surface area (Å²) >= 11 is 0. The van der Waals surface area contributed by atoms with Gasteiger partial charge in [0.15, 0.2) is 5.78 Å². The number of nitrogens with two attached hydrogens (primary N) is 1. The number of rotatable bonds is 7. The number of para-hydroxylation sites is 1. The average Bonchev–Trinajstić information content (AvgIpc) is 2.36. The highest BCUT2D eigenvalue weighted by Crippen LogP contribution is 2.28. The van der Waals surface area contributed by atoms with Crippen LogP contribution in [0.2, 0.25) is 0 Å². The van der Waals surface area contributed by atoms with Crippen LogP contribution < -0.4 is 10.5 Å². The molecule has 18 heavy (non-hydrogen) atoms. The molecule has 0 heterocycles. The van der Waals surface area contributed by atoms with Gasteiger partial charge in [-0.1, -0.05) is 26.0 Å². The zero-order valence-corrected chi connectivity index (χ0v) is 11.5. The Kier molecular flexibility index (Phi) is 5.35. The van der Waals surface area contributed by atoms with Gasteiger partial charge >= 0.3 is 0 Å². The Morgan fingerprint density at radius 2 is 1.94 bits per heavy atom. The molecule has 0 bridgehead atoms. The lowest BCUT2D eigenvalue weighted by atomic mass is 9.83. The van der Waals surface area contributed by atoms with Crippen LogP contribution in [0.1, 0.15) is 43.5 Å². The Bertz CT molecular complexity index is 399. The van der Waals surface area contributed by atoms with E-state index >= 15 is 0 Å². The number of methoxy groups -OCH3 is 1. The lowest BCUT2D eigenvalue weighted by Gasteiger charge is -2.23. The molecule has 0 aliphatic heterocycles. The zero-order chi connectivity index (χ0) is 13.6. The zero-order valence-electron chi connectivity index (χ0n) is 11.5. The highest BCUT2D eigenvalue weighted by molar-refractivity contribution is 5.98. The first kappa shape index (κ1) is 14.7. The molecule has 100 valence electrons. The third kappa shape index (κ3) is 4.15. The molecule has 0 unspecified atom stereocenters. The van der Waals surface area contributed by atoms with Crippen LogP contribution in [0.3, 0.4) is 0 Å². The molecule has 3 heteroatoms. The first-order valence-corrected chi connectivity index (χ1v) is 6.36. The highest BCUT2D eigenvalue weighted by atomic mass is 16.5. The predicted octanol–water partition coefficient (Wildman–Crippen LogP) is 3.03. The van der Waals surface area contributed by atoms with Gasteiger partial charge in [-0.2, -0.15) is 0 Å². The monoisotopic (exact) mass is 249 g/mol. The van der Waals surface area contributed by atoms with Crippen LogP contribution in [-0.4, -0.2) is 19.4 Å². The van der Waals surface area contributed by atoms with E-state index in [0.717, 1.165) is 12.8 Å². The third-order valence-electron chi connectivity index (χ3n) is 3.26. The van der Waals surface area contributed by atoms with Gasteiger partial charge in [0.1, 0.15) is 5.75 Å². The van der Waals surface area contributed by atoms with Crippen LogP contribution in [0.4, 0.5) is 0 Å². The van der Waals surface area contributed by atoms with E-state index in [1.807, 2.05) is 24.3 Å². The van der Waals surface area contributed by atoms with E-state index in [2.05, 4.69) is 13.8 Å². The Morgan fingerprint density at radius 3 is 2.56 bits per heavy atom. The van der Waals surface area contributed by atoms with Gasteiger partial charge in [-0.25, -0.2) is 0 Å². The van der Waals surface area contributed by atoms with Gasteiger partial charge in [-0.15, -0.1) is 0 Å². The number of hydrogen-bond acceptors (Lipinski definition) is 3. The maximum atomic E-state index is 12.2. The van der Waals surface area contributed by atoms with Crippen LogP contribution in [0.25, 0.3) is 0 Å². The fourth-order valence-electron chi connectivity index (χ4n) is 1.98. The number of hydrogen-bond donors (Lipinski definition) is 1. The van der Waals surface area contributed by atoms with Crippen molar-refractivity contribution in [1.29, 1.82) is 0 Å². The van der Waals surface area contributed by atoms with Gasteiger partial charge in [0, 0.05) is 6.42 Å². The van der Waals surface area contributed by atoms with Crippen molar-refractivity contribution in [2.24, 2.45) is 11.1 Å². The highest BCUT2D eigenvalue weighted by Gasteiger charge is 2.20. The van der Waals surface area contributed by atoms with Gasteiger partial charge < -0.3 is 10.5 Å². The lowest BCUT2D eigenvalue weighted by molar-refractivity contribution is 0.0958. The van der Waals surface area contributed by atoms with Crippen LogP contribution in [0.5, 0.6) is 5.75 Å². The summed E-state index contributed by atoms with van der Waals surface area (Å²) in [6, 6.07) is 7.37. The van der Waals surface area contributed by atoms with Crippen molar-refractivity contribution in [3.8, 4) is 5.75 Å². The lowest BCUT2D eigenvalue weighted by Crippen LogP contribution is -2.18. The first-order valence-electron chi connectivity index (χ1n) is 6.36. The van der Waals surface area contributed by atoms with Gasteiger partial charge in [0.05, 0.1) is 12.7 Å². The molecule has 0 amide bonds. The quantitative estimate of drug-likeness (QED) is 0.756. The number of benzene rings is 1. The smallest absolute Gasteiger partial charge is 0.166 e. The summed E-state index contributed by atoms with van der Waals surface area (Å²) in [5.41, 5.74) is 6.36. The second-order valence-electron chi connectivity index (χ2n) is 5.33. The van der Waals surface area contributed by atoms with E-state index in [1.165, 1.54) is 0 Å². The Balaban J connectivity index is 2.66. The molecule has 0 atom stereocenters. The molecule has 0 fully saturated rings. The molecular formula is C15H23NO2. The SMILES string of the molecule is COc1ccccc1C(=O)CCC(C)(C)CCN. The van der Waals surface area contributed by atoms with Gasteiger partial charge in [0.2, 0.25) is 0 Å². The van der Waals surface area contributed by atoms with Crippen molar-refractivity contribution in [1.82, 2.24) is 0 Å². The summed E-state index contributed by atoms with van der Waals surface area (Å²) in [5, 5.41) is 0. The average molecular weight is 249 g/mol. The number of carbonyl (C=O) groups is 1. The van der Waals surface area contributed by atoms with Crippen LogP contribution in [-0.2, 0) is 0 Å². The topological polar surface area (TPSA) is 52.3 Å². The molecule has 0 spiro atoms. The number of Topliss-reactive ketones (excluding diaryl/α,β-unsaturated/α-hetero) is 1. The minimum atomic E-state index is 0.117. The minimum absolute atomic E-state index is 0.117. The Labute approximate surface area is 109 Å². The molecule has 0 aliphatic carbocycles. The molecular weight excluding hydrogens is 226 g/mol. The van der Waals surface area contributed by atoms with Gasteiger partial charge in [0.25, 0.3) is 0 Å². The van der Waals surface area contributed by atoms with E-state index in [9.17, 15) is 4.79 Å². The van der Waals surface area contributed by atoms with Crippen molar-refractivity contribution in [2.45, 2.75) is 33.1 Å². The van der Waals surface area contributed by atoms with E-state index in [-0.39, 0.29) is 11.2 Å². The summed E-state index contributed by atoms with van der Waals surface area (Å²) in [7, 11) is 1.59. The van der Waals surface area contributed by atoms with E-state index in [1.54, 1.807) is 7.11 Å². The fraction of sp³-hybridized carbons (Fsp3) is 0.533. The van der Waals surface area contributed by atoms with Crippen molar-refractivity contribution < 1.29 is 9.53 Å². The van der Waals surface area contributed by atoms with Crippen LogP contribution in [0, 0.1) is 5.41 Å². The molecule has 0 saturated carbocycles. The number of ether oxygens (including phenoxy) is 1. The molecule has 1 aromatic rings. The Hall–Kier alpha value is -1.35. The summed E-state index contributed by atoms with van der Waals surface area (Å²) in [5.74, 6) is 0.789. The third-order valence-corrected chi connectivity index (χ3v) is 3.26. The summed E-state index contributed by atoms with van der Waals surface area (Å²) in [4.78, 5) is 12.2. The molecule has 0 aliphatic rings. The largest absolute Gasteiger partial charge is 0.496 e. The van der Waals surface area contributed by atoms with E-state index in [0.29, 0.717) is 24.3 Å². The second-order valence-corrected chi connectivity index (χ2v) is 5.33. The second kappa shape index (κ2) is 6.55. The Morgan fingerprint density at radius 1 is 1.28 bits per heavy atom. The molecule has 0 saturated heterocycles. The van der Waals surface area contributed by atoms with Crippen LogP contribution in [0.15, 0.2) is 24.3 Å². The van der Waals surface area contributed by atoms with Crippen molar-refractivity contribution in [3.63, 3.8) is 0 Å². The summed E-state index contributed by atoms with van der Waals surface area (Å²) in [6.07, 6.45) is 2.32. The van der Waals surface area contributed by atoms with Gasteiger partial charge in [-0.05, 0) is 36.9 Å². The number of ketones is 1.